The molecule has 1 rings (SSSR count). The molecular formula is C13H20ClN3O2. The highest BCUT2D eigenvalue weighted by Crippen LogP contribution is 2.27. The van der Waals surface area contributed by atoms with Crippen LogP contribution in [0.5, 0.6) is 5.75 Å². The summed E-state index contributed by atoms with van der Waals surface area (Å²) >= 11 is 5.90. The monoisotopic (exact) mass is 285 g/mol. The van der Waals surface area contributed by atoms with E-state index in [2.05, 4.69) is 5.32 Å². The highest BCUT2D eigenvalue weighted by atomic mass is 35.5. The average molecular weight is 286 g/mol. The van der Waals surface area contributed by atoms with Crippen molar-refractivity contribution in [1.29, 1.82) is 0 Å². The fraction of sp³-hybridized carbons (Fsp3) is 0.462. The minimum atomic E-state index is -0.111. The predicted octanol–water partition coefficient (Wildman–Crippen LogP) is 1.57. The van der Waals surface area contributed by atoms with Crippen LogP contribution in [0.2, 0.25) is 5.02 Å². The molecule has 0 unspecified atom stereocenters. The van der Waals surface area contributed by atoms with Crippen molar-refractivity contribution in [2.45, 2.75) is 6.42 Å². The van der Waals surface area contributed by atoms with Gasteiger partial charge in [-0.1, -0.05) is 11.6 Å². The molecule has 0 aliphatic heterocycles. The Morgan fingerprint density at radius 3 is 2.89 bits per heavy atom. The first kappa shape index (κ1) is 15.8. The third-order valence-corrected chi connectivity index (χ3v) is 2.83. The molecule has 1 amide bonds. The molecular weight excluding hydrogens is 266 g/mol. The second-order valence-corrected chi connectivity index (χ2v) is 4.71. The van der Waals surface area contributed by atoms with Crippen molar-refractivity contribution in [3.8, 4) is 5.75 Å². The first-order valence-corrected chi connectivity index (χ1v) is 6.46. The van der Waals surface area contributed by atoms with E-state index in [1.165, 1.54) is 0 Å². The molecule has 106 valence electrons. The fourth-order valence-electron chi connectivity index (χ4n) is 1.65. The van der Waals surface area contributed by atoms with Gasteiger partial charge in [0.2, 0.25) is 5.91 Å². The van der Waals surface area contributed by atoms with Crippen molar-refractivity contribution < 1.29 is 9.53 Å². The summed E-state index contributed by atoms with van der Waals surface area (Å²) in [7, 11) is 3.43. The van der Waals surface area contributed by atoms with Gasteiger partial charge in [0, 0.05) is 5.02 Å². The van der Waals surface area contributed by atoms with Gasteiger partial charge in [0.1, 0.15) is 5.75 Å². The lowest BCUT2D eigenvalue weighted by Crippen LogP contribution is -2.31. The van der Waals surface area contributed by atoms with Gasteiger partial charge in [-0.05, 0) is 44.8 Å². The molecule has 0 saturated carbocycles. The SMILES string of the molecule is COc1ccc(Cl)cc1NC(=O)CN(C)CCCN. The van der Waals surface area contributed by atoms with Gasteiger partial charge in [0.05, 0.1) is 19.3 Å². The zero-order valence-corrected chi connectivity index (χ0v) is 12.0. The number of halogens is 1. The molecule has 0 aliphatic rings. The quantitative estimate of drug-likeness (QED) is 0.798. The summed E-state index contributed by atoms with van der Waals surface area (Å²) in [5.74, 6) is 0.474. The van der Waals surface area contributed by atoms with Crippen LogP contribution in [0, 0.1) is 0 Å². The van der Waals surface area contributed by atoms with Gasteiger partial charge in [0.15, 0.2) is 0 Å². The largest absolute Gasteiger partial charge is 0.495 e. The van der Waals surface area contributed by atoms with E-state index >= 15 is 0 Å². The van der Waals surface area contributed by atoms with Crippen LogP contribution < -0.4 is 15.8 Å². The van der Waals surface area contributed by atoms with E-state index < -0.39 is 0 Å². The molecule has 1 aromatic rings. The van der Waals surface area contributed by atoms with Gasteiger partial charge in [-0.3, -0.25) is 9.69 Å². The highest BCUT2D eigenvalue weighted by molar-refractivity contribution is 6.31. The van der Waals surface area contributed by atoms with Gasteiger partial charge in [-0.15, -0.1) is 0 Å². The van der Waals surface area contributed by atoms with E-state index in [0.29, 0.717) is 29.5 Å². The van der Waals surface area contributed by atoms with E-state index in [0.717, 1.165) is 13.0 Å². The minimum Gasteiger partial charge on any atom is -0.495 e. The summed E-state index contributed by atoms with van der Waals surface area (Å²) in [5.41, 5.74) is 6.00. The minimum absolute atomic E-state index is 0.111. The lowest BCUT2D eigenvalue weighted by atomic mass is 10.3. The van der Waals surface area contributed by atoms with Gasteiger partial charge >= 0.3 is 0 Å². The Morgan fingerprint density at radius 2 is 2.26 bits per heavy atom. The third kappa shape index (κ3) is 5.46. The molecule has 0 saturated heterocycles. The van der Waals surface area contributed by atoms with Crippen molar-refractivity contribution in [2.75, 3.05) is 39.1 Å². The number of nitrogens with zero attached hydrogens (tertiary/aromatic N) is 1. The number of ether oxygens (including phenoxy) is 1. The number of hydrogen-bond acceptors (Lipinski definition) is 4. The van der Waals surface area contributed by atoms with E-state index in [1.54, 1.807) is 25.3 Å². The fourth-order valence-corrected chi connectivity index (χ4v) is 1.83. The number of carbonyl (C=O) groups excluding carboxylic acids is 1. The number of anilines is 1. The van der Waals surface area contributed by atoms with E-state index in [1.807, 2.05) is 11.9 Å². The van der Waals surface area contributed by atoms with Crippen LogP contribution in [-0.2, 0) is 4.79 Å². The second-order valence-electron chi connectivity index (χ2n) is 4.27. The molecule has 1 aromatic carbocycles. The zero-order valence-electron chi connectivity index (χ0n) is 11.3. The maximum absolute atomic E-state index is 11.9. The van der Waals surface area contributed by atoms with Crippen LogP contribution in [0.25, 0.3) is 0 Å². The Kier molecular flexibility index (Phi) is 6.62. The number of hydrogen-bond donors (Lipinski definition) is 2. The first-order valence-electron chi connectivity index (χ1n) is 6.08. The van der Waals surface area contributed by atoms with Crippen molar-refractivity contribution in [2.24, 2.45) is 5.73 Å². The maximum atomic E-state index is 11.9. The lowest BCUT2D eigenvalue weighted by molar-refractivity contribution is -0.117. The van der Waals surface area contributed by atoms with Gasteiger partial charge in [-0.2, -0.15) is 0 Å². The summed E-state index contributed by atoms with van der Waals surface area (Å²) in [5, 5.41) is 3.34. The Hall–Kier alpha value is -1.30. The van der Waals surface area contributed by atoms with Crippen LogP contribution in [0.15, 0.2) is 18.2 Å². The van der Waals surface area contributed by atoms with Crippen molar-refractivity contribution >= 4 is 23.2 Å². The van der Waals surface area contributed by atoms with Gasteiger partial charge in [0.25, 0.3) is 0 Å². The highest BCUT2D eigenvalue weighted by Gasteiger charge is 2.10. The van der Waals surface area contributed by atoms with Crippen LogP contribution in [0.3, 0.4) is 0 Å². The topological polar surface area (TPSA) is 67.6 Å². The number of nitrogens with one attached hydrogen (secondary N) is 1. The number of nitrogens with two attached hydrogens (primary N) is 1. The molecule has 0 aliphatic carbocycles. The first-order chi connectivity index (χ1) is 9.06. The Labute approximate surface area is 118 Å². The Balaban J connectivity index is 2.59. The Morgan fingerprint density at radius 1 is 1.53 bits per heavy atom. The summed E-state index contributed by atoms with van der Waals surface area (Å²) in [6, 6.07) is 5.09. The Bertz CT molecular complexity index is 426. The molecule has 0 bridgehead atoms. The number of amides is 1. The molecule has 6 heteroatoms. The molecule has 5 nitrogen and oxygen atoms in total. The number of benzene rings is 1. The van der Waals surface area contributed by atoms with Crippen molar-refractivity contribution in [1.82, 2.24) is 4.90 Å². The molecule has 0 aromatic heterocycles. The number of rotatable bonds is 7. The van der Waals surface area contributed by atoms with E-state index in [-0.39, 0.29) is 5.91 Å². The summed E-state index contributed by atoms with van der Waals surface area (Å²) in [6.07, 6.45) is 0.865. The zero-order chi connectivity index (χ0) is 14.3. The molecule has 0 spiro atoms. The molecule has 0 radical (unpaired) electrons. The molecule has 0 atom stereocenters. The molecule has 19 heavy (non-hydrogen) atoms. The smallest absolute Gasteiger partial charge is 0.238 e. The molecule has 3 N–H and O–H groups in total. The van der Waals surface area contributed by atoms with Crippen LogP contribution in [0.1, 0.15) is 6.42 Å². The van der Waals surface area contributed by atoms with Gasteiger partial charge < -0.3 is 15.8 Å². The summed E-state index contributed by atoms with van der Waals surface area (Å²) in [6.45, 7) is 1.71. The summed E-state index contributed by atoms with van der Waals surface area (Å²) in [4.78, 5) is 13.8. The van der Waals surface area contributed by atoms with Crippen LogP contribution in [-0.4, -0.2) is 44.6 Å². The third-order valence-electron chi connectivity index (χ3n) is 2.59. The average Bonchev–Trinajstić information content (AvgIpc) is 2.36. The van der Waals surface area contributed by atoms with Gasteiger partial charge in [-0.25, -0.2) is 0 Å². The number of likely N-dealkylation sites (N-methyl/N-ethyl adjacent to an activating group) is 1. The van der Waals surface area contributed by atoms with Crippen LogP contribution in [0.4, 0.5) is 5.69 Å². The number of carbonyl (C=O) groups is 1. The van der Waals surface area contributed by atoms with E-state index in [4.69, 9.17) is 22.1 Å². The van der Waals surface area contributed by atoms with Crippen LogP contribution >= 0.6 is 11.6 Å². The maximum Gasteiger partial charge on any atom is 0.238 e. The lowest BCUT2D eigenvalue weighted by Gasteiger charge is -2.16. The van der Waals surface area contributed by atoms with Crippen molar-refractivity contribution in [3.05, 3.63) is 23.2 Å². The number of methoxy groups -OCH3 is 1. The second kappa shape index (κ2) is 7.99. The standard InChI is InChI=1S/C13H20ClN3O2/c1-17(7-3-6-15)9-13(18)16-11-8-10(14)4-5-12(11)19-2/h4-5,8H,3,6-7,9,15H2,1-2H3,(H,16,18). The van der Waals surface area contributed by atoms with E-state index in [9.17, 15) is 4.79 Å². The predicted molar refractivity (Wildman–Crippen MR) is 77.8 cm³/mol. The van der Waals surface area contributed by atoms with Crippen molar-refractivity contribution in [3.63, 3.8) is 0 Å². The summed E-state index contributed by atoms with van der Waals surface area (Å²) < 4.78 is 5.17. The normalized spacial score (nSPS) is 10.6. The molecule has 0 heterocycles. The molecule has 0 fully saturated rings.